The summed E-state index contributed by atoms with van der Waals surface area (Å²) in [6, 6.07) is 3.89. The molecule has 0 aliphatic carbocycles. The molecule has 5 nitrogen and oxygen atoms in total. The van der Waals surface area contributed by atoms with Crippen LogP contribution in [-0.2, 0) is 11.3 Å². The lowest BCUT2D eigenvalue weighted by Crippen LogP contribution is -2.57. The van der Waals surface area contributed by atoms with E-state index in [9.17, 15) is 4.79 Å². The van der Waals surface area contributed by atoms with Gasteiger partial charge in [-0.15, -0.1) is 0 Å². The van der Waals surface area contributed by atoms with Crippen molar-refractivity contribution in [3.63, 3.8) is 0 Å². The Kier molecular flexibility index (Phi) is 4.28. The van der Waals surface area contributed by atoms with Gasteiger partial charge >= 0.3 is 0 Å². The Labute approximate surface area is 108 Å². The molecule has 1 aromatic heterocycles. The molecule has 1 atom stereocenters. The fraction of sp³-hybridized carbons (Fsp3) is 0.538. The minimum atomic E-state index is -0.106. The molecule has 0 aromatic carbocycles. The van der Waals surface area contributed by atoms with Crippen molar-refractivity contribution in [3.8, 4) is 0 Å². The van der Waals surface area contributed by atoms with Crippen molar-refractivity contribution in [1.82, 2.24) is 20.5 Å². The number of nitrogens with zero attached hydrogens (tertiary/aromatic N) is 2. The summed E-state index contributed by atoms with van der Waals surface area (Å²) < 4.78 is 0. The summed E-state index contributed by atoms with van der Waals surface area (Å²) in [5, 5.41) is 5.98. The van der Waals surface area contributed by atoms with Gasteiger partial charge in [0.15, 0.2) is 0 Å². The first-order valence-corrected chi connectivity index (χ1v) is 6.29. The normalized spacial score (nSPS) is 20.7. The quantitative estimate of drug-likeness (QED) is 0.785. The third-order valence-corrected chi connectivity index (χ3v) is 3.37. The summed E-state index contributed by atoms with van der Waals surface area (Å²) in [7, 11) is 1.68. The maximum Gasteiger partial charge on any atom is 0.238 e. The third-order valence-electron chi connectivity index (χ3n) is 3.37. The van der Waals surface area contributed by atoms with Crippen LogP contribution in [0.25, 0.3) is 0 Å². The second-order valence-electron chi connectivity index (χ2n) is 4.57. The van der Waals surface area contributed by atoms with Gasteiger partial charge in [0.05, 0.1) is 5.69 Å². The van der Waals surface area contributed by atoms with Gasteiger partial charge in [-0.3, -0.25) is 14.7 Å². The highest BCUT2D eigenvalue weighted by Gasteiger charge is 2.28. The van der Waals surface area contributed by atoms with Gasteiger partial charge in [-0.2, -0.15) is 0 Å². The number of likely N-dealkylation sites (N-methyl/N-ethyl adjacent to an activating group) is 1. The number of nitrogens with one attached hydrogen (secondary N) is 2. The summed E-state index contributed by atoms with van der Waals surface area (Å²) in [5.41, 5.74) is 2.22. The molecular formula is C13H20N4O. The monoisotopic (exact) mass is 248 g/mol. The number of aromatic nitrogens is 1. The van der Waals surface area contributed by atoms with Crippen LogP contribution < -0.4 is 10.6 Å². The molecule has 1 unspecified atom stereocenters. The van der Waals surface area contributed by atoms with Gasteiger partial charge in [0, 0.05) is 39.4 Å². The fourth-order valence-corrected chi connectivity index (χ4v) is 2.24. The second-order valence-corrected chi connectivity index (χ2v) is 4.57. The van der Waals surface area contributed by atoms with E-state index >= 15 is 0 Å². The van der Waals surface area contributed by atoms with E-state index in [2.05, 4.69) is 33.5 Å². The van der Waals surface area contributed by atoms with E-state index < -0.39 is 0 Å². The Morgan fingerprint density at radius 3 is 3.22 bits per heavy atom. The molecule has 2 rings (SSSR count). The van der Waals surface area contributed by atoms with Crippen LogP contribution >= 0.6 is 0 Å². The Hall–Kier alpha value is -1.46. The standard InChI is InChI=1S/C13H20N4O/c1-10-4-3-5-16-11(10)9-17-7-6-15-8-12(17)13(18)14-2/h3-5,12,15H,6-9H2,1-2H3,(H,14,18). The number of piperazine rings is 1. The Morgan fingerprint density at radius 2 is 2.50 bits per heavy atom. The maximum absolute atomic E-state index is 11.8. The molecule has 1 saturated heterocycles. The summed E-state index contributed by atoms with van der Waals surface area (Å²) in [6.07, 6.45) is 1.80. The van der Waals surface area contributed by atoms with Gasteiger partial charge in [0.1, 0.15) is 6.04 Å². The Balaban J connectivity index is 2.10. The van der Waals surface area contributed by atoms with Crippen LogP contribution in [0.5, 0.6) is 0 Å². The predicted octanol–water partition coefficient (Wildman–Crippen LogP) is -0.0902. The van der Waals surface area contributed by atoms with Gasteiger partial charge < -0.3 is 10.6 Å². The lowest BCUT2D eigenvalue weighted by Gasteiger charge is -2.34. The molecule has 0 spiro atoms. The van der Waals surface area contributed by atoms with Crippen molar-refractivity contribution in [2.24, 2.45) is 0 Å². The van der Waals surface area contributed by atoms with Crippen molar-refractivity contribution < 1.29 is 4.79 Å². The number of amides is 1. The lowest BCUT2D eigenvalue weighted by atomic mass is 10.1. The molecule has 1 aromatic rings. The Bertz CT molecular complexity index is 421. The fourth-order valence-electron chi connectivity index (χ4n) is 2.24. The average molecular weight is 248 g/mol. The molecule has 0 radical (unpaired) electrons. The zero-order valence-electron chi connectivity index (χ0n) is 10.9. The van der Waals surface area contributed by atoms with E-state index in [-0.39, 0.29) is 11.9 Å². The van der Waals surface area contributed by atoms with E-state index in [4.69, 9.17) is 0 Å². The summed E-state index contributed by atoms with van der Waals surface area (Å²) >= 11 is 0. The van der Waals surface area contributed by atoms with Crippen LogP contribution in [0.3, 0.4) is 0 Å². The highest BCUT2D eigenvalue weighted by atomic mass is 16.2. The molecule has 0 saturated carbocycles. The summed E-state index contributed by atoms with van der Waals surface area (Å²) in [6.45, 7) is 5.27. The summed E-state index contributed by atoms with van der Waals surface area (Å²) in [5.74, 6) is 0.0655. The molecule has 18 heavy (non-hydrogen) atoms. The van der Waals surface area contributed by atoms with E-state index in [0.717, 1.165) is 25.3 Å². The SMILES string of the molecule is CNC(=O)C1CNCCN1Cc1ncccc1C. The minimum Gasteiger partial charge on any atom is -0.358 e. The molecule has 0 bridgehead atoms. The molecule has 2 heterocycles. The van der Waals surface area contributed by atoms with Crippen LogP contribution in [0.1, 0.15) is 11.3 Å². The first-order chi connectivity index (χ1) is 8.72. The zero-order chi connectivity index (χ0) is 13.0. The lowest BCUT2D eigenvalue weighted by molar-refractivity contribution is -0.126. The molecule has 98 valence electrons. The number of aryl methyl sites for hydroxylation is 1. The third kappa shape index (κ3) is 2.86. The predicted molar refractivity (Wildman–Crippen MR) is 70.1 cm³/mol. The number of rotatable bonds is 3. The molecule has 5 heteroatoms. The molecular weight excluding hydrogens is 228 g/mol. The maximum atomic E-state index is 11.8. The largest absolute Gasteiger partial charge is 0.358 e. The molecule has 1 aliphatic heterocycles. The summed E-state index contributed by atoms with van der Waals surface area (Å²) in [4.78, 5) is 18.4. The topological polar surface area (TPSA) is 57.3 Å². The van der Waals surface area contributed by atoms with Crippen molar-refractivity contribution in [3.05, 3.63) is 29.6 Å². The number of pyridine rings is 1. The van der Waals surface area contributed by atoms with Crippen molar-refractivity contribution in [2.75, 3.05) is 26.7 Å². The van der Waals surface area contributed by atoms with Crippen molar-refractivity contribution in [2.45, 2.75) is 19.5 Å². The van der Waals surface area contributed by atoms with E-state index in [0.29, 0.717) is 6.54 Å². The molecule has 1 aliphatic rings. The average Bonchev–Trinajstić information content (AvgIpc) is 2.41. The highest BCUT2D eigenvalue weighted by Crippen LogP contribution is 2.11. The first-order valence-electron chi connectivity index (χ1n) is 6.29. The van der Waals surface area contributed by atoms with Crippen LogP contribution in [0.2, 0.25) is 0 Å². The van der Waals surface area contributed by atoms with E-state index in [1.165, 1.54) is 5.56 Å². The van der Waals surface area contributed by atoms with Gasteiger partial charge in [-0.25, -0.2) is 0 Å². The smallest absolute Gasteiger partial charge is 0.238 e. The Morgan fingerprint density at radius 1 is 1.67 bits per heavy atom. The highest BCUT2D eigenvalue weighted by molar-refractivity contribution is 5.81. The number of carbonyl (C=O) groups is 1. The zero-order valence-corrected chi connectivity index (χ0v) is 10.9. The van der Waals surface area contributed by atoms with Gasteiger partial charge in [-0.1, -0.05) is 6.07 Å². The van der Waals surface area contributed by atoms with Crippen LogP contribution in [0.15, 0.2) is 18.3 Å². The number of hydrogen-bond donors (Lipinski definition) is 2. The molecule has 1 fully saturated rings. The van der Waals surface area contributed by atoms with Crippen LogP contribution in [0, 0.1) is 6.92 Å². The molecule has 2 N–H and O–H groups in total. The van der Waals surface area contributed by atoms with Crippen LogP contribution in [-0.4, -0.2) is 48.5 Å². The van der Waals surface area contributed by atoms with Crippen molar-refractivity contribution >= 4 is 5.91 Å². The second kappa shape index (κ2) is 5.93. The van der Waals surface area contributed by atoms with E-state index in [1.807, 2.05) is 6.07 Å². The van der Waals surface area contributed by atoms with Gasteiger partial charge in [-0.05, 0) is 18.6 Å². The van der Waals surface area contributed by atoms with Crippen LogP contribution in [0.4, 0.5) is 0 Å². The van der Waals surface area contributed by atoms with Crippen molar-refractivity contribution in [1.29, 1.82) is 0 Å². The number of carbonyl (C=O) groups excluding carboxylic acids is 1. The first kappa shape index (κ1) is 13.0. The molecule has 1 amide bonds. The van der Waals surface area contributed by atoms with Gasteiger partial charge in [0.2, 0.25) is 5.91 Å². The minimum absolute atomic E-state index is 0.0655. The van der Waals surface area contributed by atoms with Gasteiger partial charge in [0.25, 0.3) is 0 Å². The number of hydrogen-bond acceptors (Lipinski definition) is 4. The van der Waals surface area contributed by atoms with E-state index in [1.54, 1.807) is 13.2 Å².